The summed E-state index contributed by atoms with van der Waals surface area (Å²) >= 11 is 0. The molecule has 0 bridgehead atoms. The van der Waals surface area contributed by atoms with Crippen LogP contribution in [-0.4, -0.2) is 96.7 Å². The fraction of sp³-hybridized carbons (Fsp3) is 0.937. The molecular weight excluding hydrogens is 1090 g/mol. The maximum atomic E-state index is 13.0. The van der Waals surface area contributed by atoms with Gasteiger partial charge in [-0.25, -0.2) is 9.13 Å². The Labute approximate surface area is 498 Å². The molecule has 17 nitrogen and oxygen atoms in total. The van der Waals surface area contributed by atoms with Crippen molar-refractivity contribution in [2.45, 2.75) is 330 Å². The first-order chi connectivity index (χ1) is 39.4. The molecule has 0 aliphatic carbocycles. The summed E-state index contributed by atoms with van der Waals surface area (Å²) in [7, 11) is -9.88. The smallest absolute Gasteiger partial charge is 0.462 e. The van der Waals surface area contributed by atoms with Crippen molar-refractivity contribution in [1.82, 2.24) is 0 Å². The van der Waals surface area contributed by atoms with Crippen LogP contribution in [0.3, 0.4) is 0 Å². The molecule has 82 heavy (non-hydrogen) atoms. The van der Waals surface area contributed by atoms with E-state index < -0.39 is 97.5 Å². The van der Waals surface area contributed by atoms with Crippen LogP contribution in [0.15, 0.2) is 0 Å². The van der Waals surface area contributed by atoms with Crippen LogP contribution in [0.25, 0.3) is 0 Å². The number of carbonyl (C=O) groups excluding carboxylic acids is 4. The number of unbranched alkanes of at least 4 members (excludes halogenated alkanes) is 32. The Morgan fingerprint density at radius 3 is 0.829 bits per heavy atom. The number of hydrogen-bond acceptors (Lipinski definition) is 15. The van der Waals surface area contributed by atoms with E-state index in [0.717, 1.165) is 102 Å². The quantitative estimate of drug-likeness (QED) is 0.0222. The van der Waals surface area contributed by atoms with E-state index in [4.69, 9.17) is 37.0 Å². The van der Waals surface area contributed by atoms with E-state index in [9.17, 15) is 43.2 Å². The third-order valence-electron chi connectivity index (χ3n) is 14.5. The van der Waals surface area contributed by atoms with Crippen molar-refractivity contribution in [2.24, 2.45) is 11.8 Å². The molecule has 0 aromatic carbocycles. The van der Waals surface area contributed by atoms with Crippen LogP contribution in [0, 0.1) is 11.8 Å². The highest BCUT2D eigenvalue weighted by Crippen LogP contribution is 2.45. The molecule has 0 radical (unpaired) electrons. The minimum Gasteiger partial charge on any atom is -0.462 e. The lowest BCUT2D eigenvalue weighted by atomic mass is 10.0. The molecule has 0 spiro atoms. The normalized spacial score (nSPS) is 14.3. The second-order valence-corrected chi connectivity index (χ2v) is 26.7. The molecule has 2 unspecified atom stereocenters. The van der Waals surface area contributed by atoms with Crippen molar-refractivity contribution < 1.29 is 80.2 Å². The summed E-state index contributed by atoms with van der Waals surface area (Å²) in [6, 6.07) is 0. The van der Waals surface area contributed by atoms with E-state index in [2.05, 4.69) is 41.5 Å². The van der Waals surface area contributed by atoms with Gasteiger partial charge in [-0.15, -0.1) is 0 Å². The largest absolute Gasteiger partial charge is 0.472 e. The van der Waals surface area contributed by atoms with Crippen molar-refractivity contribution in [3.05, 3.63) is 0 Å². The van der Waals surface area contributed by atoms with Gasteiger partial charge in [0.1, 0.15) is 19.3 Å². The number of hydrogen-bond donors (Lipinski definition) is 3. The van der Waals surface area contributed by atoms with Gasteiger partial charge in [-0.1, -0.05) is 260 Å². The molecule has 0 aliphatic heterocycles. The maximum absolute atomic E-state index is 13.0. The summed E-state index contributed by atoms with van der Waals surface area (Å²) in [5.41, 5.74) is 0. The molecule has 0 saturated carbocycles. The van der Waals surface area contributed by atoms with Gasteiger partial charge in [0, 0.05) is 25.7 Å². The number of ether oxygens (including phenoxy) is 4. The van der Waals surface area contributed by atoms with E-state index in [-0.39, 0.29) is 25.7 Å². The van der Waals surface area contributed by atoms with Crippen LogP contribution < -0.4 is 0 Å². The average Bonchev–Trinajstić information content (AvgIpc) is 3.44. The number of phosphoric acid groups is 2. The number of carbonyl (C=O) groups is 4. The molecule has 0 aromatic heterocycles. The van der Waals surface area contributed by atoms with Crippen molar-refractivity contribution in [2.75, 3.05) is 39.6 Å². The first kappa shape index (κ1) is 80.1. The van der Waals surface area contributed by atoms with Crippen LogP contribution in [0.5, 0.6) is 0 Å². The topological polar surface area (TPSA) is 237 Å². The first-order valence-electron chi connectivity index (χ1n) is 33.0. The maximum Gasteiger partial charge on any atom is 0.472 e. The van der Waals surface area contributed by atoms with Crippen LogP contribution in [-0.2, 0) is 65.4 Å². The fourth-order valence-corrected chi connectivity index (χ4v) is 10.9. The predicted octanol–water partition coefficient (Wildman–Crippen LogP) is 17.3. The summed E-state index contributed by atoms with van der Waals surface area (Å²) < 4.78 is 67.8. The Kier molecular flexibility index (Phi) is 54.3. The minimum atomic E-state index is -4.94. The van der Waals surface area contributed by atoms with Crippen LogP contribution in [0.1, 0.15) is 311 Å². The van der Waals surface area contributed by atoms with Gasteiger partial charge in [-0.2, -0.15) is 0 Å². The van der Waals surface area contributed by atoms with Gasteiger partial charge in [0.15, 0.2) is 12.2 Å². The van der Waals surface area contributed by atoms with Crippen LogP contribution >= 0.6 is 15.6 Å². The summed E-state index contributed by atoms with van der Waals surface area (Å²) in [4.78, 5) is 71.9. The lowest BCUT2D eigenvalue weighted by Crippen LogP contribution is -2.30. The highest BCUT2D eigenvalue weighted by molar-refractivity contribution is 7.47. The molecule has 0 fully saturated rings. The zero-order valence-electron chi connectivity index (χ0n) is 52.8. The molecular formula is C63H122O17P2. The first-order valence-corrected chi connectivity index (χ1v) is 36.0. The van der Waals surface area contributed by atoms with Crippen LogP contribution in [0.4, 0.5) is 0 Å². The second kappa shape index (κ2) is 55.6. The third kappa shape index (κ3) is 57.2. The highest BCUT2D eigenvalue weighted by atomic mass is 31.2. The Balaban J connectivity index is 5.18. The number of esters is 4. The molecule has 0 rings (SSSR count). The summed E-state index contributed by atoms with van der Waals surface area (Å²) in [5.74, 6) is -0.674. The second-order valence-electron chi connectivity index (χ2n) is 23.7. The Bertz CT molecular complexity index is 1620. The standard InChI is InChI=1S/C63H122O17P2/c1-7-9-11-13-14-15-16-20-23-28-34-40-46-61(66)74-52-59(80-62(67)47-41-35-29-24-21-18-17-19-22-26-32-37-43-55(3)4)54-78-82(71,72)76-50-57(64)49-75-81(69,70)77-53-58(51-73-60(65)45-39-31-12-10-8-2)79-63(68)48-42-36-30-25-27-33-38-44-56(5)6/h55-59,64H,7-54H2,1-6H3,(H,69,70)(H,71,72)/t57-,58+,59+/m0/s1. The molecule has 486 valence electrons. The van der Waals surface area contributed by atoms with Gasteiger partial charge >= 0.3 is 39.5 Å². The number of aliphatic hydroxyl groups is 1. The van der Waals surface area contributed by atoms with Gasteiger partial charge in [0.25, 0.3) is 0 Å². The minimum absolute atomic E-state index is 0.102. The summed E-state index contributed by atoms with van der Waals surface area (Å²) in [5, 5.41) is 10.5. The lowest BCUT2D eigenvalue weighted by molar-refractivity contribution is -0.161. The van der Waals surface area contributed by atoms with Crippen molar-refractivity contribution in [3.8, 4) is 0 Å². The SMILES string of the molecule is CCCCCCCCCCCCCCC(=O)OC[C@H](COP(=O)(O)OC[C@@H](O)COP(=O)(O)OC[C@@H](COC(=O)CCCCCCC)OC(=O)CCCCCCCCCC(C)C)OC(=O)CCCCCCCCCCCCCCC(C)C. The number of aliphatic hydroxyl groups excluding tert-OH is 1. The highest BCUT2D eigenvalue weighted by Gasteiger charge is 2.30. The average molecular weight is 1210 g/mol. The van der Waals surface area contributed by atoms with Gasteiger partial charge in [0.2, 0.25) is 0 Å². The summed E-state index contributed by atoms with van der Waals surface area (Å²) in [6.07, 6.45) is 38.0. The van der Waals surface area contributed by atoms with Gasteiger partial charge < -0.3 is 33.8 Å². The van der Waals surface area contributed by atoms with E-state index in [1.54, 1.807) is 0 Å². The van der Waals surface area contributed by atoms with E-state index in [1.807, 2.05) is 0 Å². The molecule has 0 aromatic rings. The molecule has 0 heterocycles. The van der Waals surface area contributed by atoms with Gasteiger partial charge in [0.05, 0.1) is 26.4 Å². The Morgan fingerprint density at radius 1 is 0.329 bits per heavy atom. The summed E-state index contributed by atoms with van der Waals surface area (Å²) in [6.45, 7) is 9.35. The van der Waals surface area contributed by atoms with Crippen LogP contribution in [0.2, 0.25) is 0 Å². The van der Waals surface area contributed by atoms with E-state index in [0.29, 0.717) is 31.6 Å². The molecule has 0 aliphatic rings. The van der Waals surface area contributed by atoms with E-state index >= 15 is 0 Å². The van der Waals surface area contributed by atoms with Gasteiger partial charge in [-0.05, 0) is 37.5 Å². The molecule has 3 N–H and O–H groups in total. The van der Waals surface area contributed by atoms with Crippen molar-refractivity contribution >= 4 is 39.5 Å². The lowest BCUT2D eigenvalue weighted by Gasteiger charge is -2.21. The predicted molar refractivity (Wildman–Crippen MR) is 326 cm³/mol. The Hall–Kier alpha value is -1.94. The number of phosphoric ester groups is 2. The Morgan fingerprint density at radius 2 is 0.561 bits per heavy atom. The van der Waals surface area contributed by atoms with Gasteiger partial charge in [-0.3, -0.25) is 37.3 Å². The zero-order valence-corrected chi connectivity index (χ0v) is 54.6. The zero-order chi connectivity index (χ0) is 60.8. The fourth-order valence-electron chi connectivity index (χ4n) is 9.35. The third-order valence-corrected chi connectivity index (χ3v) is 16.4. The molecule has 19 heteroatoms. The number of rotatable bonds is 62. The van der Waals surface area contributed by atoms with Crippen molar-refractivity contribution in [3.63, 3.8) is 0 Å². The van der Waals surface area contributed by atoms with E-state index in [1.165, 1.54) is 122 Å². The molecule has 0 saturated heterocycles. The molecule has 5 atom stereocenters. The monoisotopic (exact) mass is 1210 g/mol. The van der Waals surface area contributed by atoms with Crippen molar-refractivity contribution in [1.29, 1.82) is 0 Å². The molecule has 0 amide bonds.